The third-order valence-corrected chi connectivity index (χ3v) is 7.29. The van der Waals surface area contributed by atoms with Gasteiger partial charge in [0, 0.05) is 59.5 Å². The molecule has 1 aromatic heterocycles. The first kappa shape index (κ1) is 24.5. The second-order valence-electron chi connectivity index (χ2n) is 9.40. The van der Waals surface area contributed by atoms with E-state index in [1.54, 1.807) is 24.4 Å². The van der Waals surface area contributed by atoms with E-state index >= 15 is 0 Å². The number of pyridine rings is 1. The minimum Gasteiger partial charge on any atom is -0.494 e. The van der Waals surface area contributed by atoms with E-state index in [-0.39, 0.29) is 11.5 Å². The normalized spacial score (nSPS) is 19.2. The predicted octanol–water partition coefficient (Wildman–Crippen LogP) is 4.39. The molecule has 0 saturated carbocycles. The van der Waals surface area contributed by atoms with Gasteiger partial charge < -0.3 is 9.30 Å². The van der Waals surface area contributed by atoms with Crippen LogP contribution in [0.3, 0.4) is 0 Å². The average Bonchev–Trinajstić information content (AvgIpc) is 2.86. The van der Waals surface area contributed by atoms with Gasteiger partial charge in [-0.05, 0) is 67.3 Å². The maximum atomic E-state index is 12.4. The highest BCUT2D eigenvalue weighted by Crippen LogP contribution is 2.36. The monoisotopic (exact) mass is 548 g/mol. The number of rotatable bonds is 7. The molecule has 3 heterocycles. The molecular formula is C28H29BrN4O3. The molecule has 2 aromatic carbocycles. The van der Waals surface area contributed by atoms with Gasteiger partial charge in [0.15, 0.2) is 0 Å². The van der Waals surface area contributed by atoms with Crippen molar-refractivity contribution in [2.45, 2.75) is 32.4 Å². The van der Waals surface area contributed by atoms with Crippen molar-refractivity contribution in [1.82, 2.24) is 14.9 Å². The van der Waals surface area contributed by atoms with Gasteiger partial charge in [-0.1, -0.05) is 28.1 Å². The summed E-state index contributed by atoms with van der Waals surface area (Å²) in [6, 6.07) is 18.8. The number of benzene rings is 2. The number of nitrogens with zero attached hydrogens (tertiary/aromatic N) is 3. The van der Waals surface area contributed by atoms with Crippen LogP contribution in [0, 0.1) is 5.92 Å². The van der Waals surface area contributed by atoms with Gasteiger partial charge in [0.25, 0.3) is 11.5 Å². The number of halogens is 1. The Kier molecular flexibility index (Phi) is 7.34. The van der Waals surface area contributed by atoms with E-state index in [9.17, 15) is 9.59 Å². The standard InChI is InChI=1S/C28H29BrN4O3/c1-2-36-26-10-9-19(14-30-31-28(35)21-5-3-6-24(29)13-21)11-23(26)18-32-15-20-12-22(17-32)25-7-4-8-27(34)33(25)16-20/h3-11,13-14,20,22H,2,12,15-18H2,1H3,(H,31,35)/b30-14+. The molecule has 2 aliphatic rings. The lowest BCUT2D eigenvalue weighted by molar-refractivity contribution is 0.0955. The number of hydrogen-bond donors (Lipinski definition) is 1. The first-order valence-corrected chi connectivity index (χ1v) is 13.1. The predicted molar refractivity (Wildman–Crippen MR) is 144 cm³/mol. The summed E-state index contributed by atoms with van der Waals surface area (Å²) in [7, 11) is 0. The van der Waals surface area contributed by atoms with Crippen LogP contribution in [-0.4, -0.2) is 41.3 Å². The smallest absolute Gasteiger partial charge is 0.271 e. The lowest BCUT2D eigenvalue weighted by Crippen LogP contribution is -2.46. The highest BCUT2D eigenvalue weighted by Gasteiger charge is 2.34. The van der Waals surface area contributed by atoms with Crippen LogP contribution in [0.1, 0.15) is 46.4 Å². The van der Waals surface area contributed by atoms with Gasteiger partial charge in [-0.15, -0.1) is 0 Å². The minimum atomic E-state index is -0.266. The highest BCUT2D eigenvalue weighted by molar-refractivity contribution is 9.10. The molecule has 3 aromatic rings. The van der Waals surface area contributed by atoms with Crippen molar-refractivity contribution in [3.8, 4) is 5.75 Å². The van der Waals surface area contributed by atoms with Crippen LogP contribution in [0.25, 0.3) is 0 Å². The number of amides is 1. The molecule has 8 heteroatoms. The molecular weight excluding hydrogens is 520 g/mol. The van der Waals surface area contributed by atoms with Gasteiger partial charge in [0.1, 0.15) is 5.75 Å². The number of hydrazone groups is 1. The third-order valence-electron chi connectivity index (χ3n) is 6.80. The molecule has 1 amide bonds. The zero-order chi connectivity index (χ0) is 25.1. The summed E-state index contributed by atoms with van der Waals surface area (Å²) < 4.78 is 8.72. The summed E-state index contributed by atoms with van der Waals surface area (Å²) in [5.41, 5.74) is 6.36. The lowest BCUT2D eigenvalue weighted by Gasteiger charge is -2.43. The van der Waals surface area contributed by atoms with E-state index in [4.69, 9.17) is 4.74 Å². The van der Waals surface area contributed by atoms with Gasteiger partial charge in [0.05, 0.1) is 12.8 Å². The fourth-order valence-corrected chi connectivity index (χ4v) is 5.72. The maximum absolute atomic E-state index is 12.4. The molecule has 2 atom stereocenters. The average molecular weight is 549 g/mol. The number of fused-ring (bicyclic) bond motifs is 4. The Morgan fingerprint density at radius 1 is 1.14 bits per heavy atom. The Labute approximate surface area is 218 Å². The summed E-state index contributed by atoms with van der Waals surface area (Å²) in [6.45, 7) is 5.97. The number of nitrogens with one attached hydrogen (secondary N) is 1. The van der Waals surface area contributed by atoms with Crippen LogP contribution < -0.4 is 15.7 Å². The number of carbonyl (C=O) groups excluding carboxylic acids is 1. The Bertz CT molecular complexity index is 1350. The molecule has 0 aliphatic carbocycles. The minimum absolute atomic E-state index is 0.105. The van der Waals surface area contributed by atoms with Crippen molar-refractivity contribution in [3.63, 3.8) is 0 Å². The third kappa shape index (κ3) is 5.44. The van der Waals surface area contributed by atoms with E-state index in [0.29, 0.717) is 24.0 Å². The van der Waals surface area contributed by atoms with Gasteiger partial charge >= 0.3 is 0 Å². The molecule has 36 heavy (non-hydrogen) atoms. The van der Waals surface area contributed by atoms with E-state index in [1.165, 1.54) is 0 Å². The van der Waals surface area contributed by atoms with Gasteiger partial charge in [-0.25, -0.2) is 5.43 Å². The molecule has 186 valence electrons. The largest absolute Gasteiger partial charge is 0.494 e. The summed E-state index contributed by atoms with van der Waals surface area (Å²) >= 11 is 3.38. The fraction of sp³-hybridized carbons (Fsp3) is 0.321. The summed E-state index contributed by atoms with van der Waals surface area (Å²) in [5, 5.41) is 4.16. The van der Waals surface area contributed by atoms with Crippen molar-refractivity contribution in [3.05, 3.63) is 97.9 Å². The number of aromatic nitrogens is 1. The molecule has 1 saturated heterocycles. The van der Waals surface area contributed by atoms with Gasteiger partial charge in [0.2, 0.25) is 0 Å². The van der Waals surface area contributed by atoms with Crippen molar-refractivity contribution >= 4 is 28.1 Å². The zero-order valence-electron chi connectivity index (χ0n) is 20.2. The molecule has 2 unspecified atom stereocenters. The molecule has 0 radical (unpaired) electrons. The topological polar surface area (TPSA) is 75.9 Å². The van der Waals surface area contributed by atoms with E-state index in [1.807, 2.05) is 41.8 Å². The van der Waals surface area contributed by atoms with Crippen LogP contribution in [0.15, 0.2) is 75.0 Å². The van der Waals surface area contributed by atoms with Crippen LogP contribution in [0.2, 0.25) is 0 Å². The van der Waals surface area contributed by atoms with E-state index in [0.717, 1.165) is 59.6 Å². The summed E-state index contributed by atoms with van der Waals surface area (Å²) in [5.74, 6) is 1.42. The number of piperidine rings is 1. The molecule has 7 nitrogen and oxygen atoms in total. The first-order valence-electron chi connectivity index (χ1n) is 12.3. The van der Waals surface area contributed by atoms with Crippen molar-refractivity contribution in [2.75, 3.05) is 19.7 Å². The van der Waals surface area contributed by atoms with Gasteiger partial charge in [-0.3, -0.25) is 14.5 Å². The lowest BCUT2D eigenvalue weighted by atomic mass is 9.83. The number of carbonyl (C=O) groups is 1. The first-order chi connectivity index (χ1) is 17.5. The number of ether oxygens (including phenoxy) is 1. The van der Waals surface area contributed by atoms with Gasteiger partial charge in [-0.2, -0.15) is 5.10 Å². The molecule has 0 spiro atoms. The van der Waals surface area contributed by atoms with E-state index in [2.05, 4.69) is 43.5 Å². The fourth-order valence-electron chi connectivity index (χ4n) is 5.32. The second-order valence-corrected chi connectivity index (χ2v) is 10.3. The SMILES string of the molecule is CCOc1ccc(/C=N/NC(=O)c2cccc(Br)c2)cc1CN1CC2CC(C1)c1cccc(=O)n1C2. The maximum Gasteiger partial charge on any atom is 0.271 e. The number of hydrogen-bond acceptors (Lipinski definition) is 5. The van der Waals surface area contributed by atoms with Crippen LogP contribution in [0.5, 0.6) is 5.75 Å². The zero-order valence-corrected chi connectivity index (χ0v) is 21.8. The van der Waals surface area contributed by atoms with Crippen LogP contribution in [-0.2, 0) is 13.1 Å². The quantitative estimate of drug-likeness (QED) is 0.351. The Morgan fingerprint density at radius 2 is 2.00 bits per heavy atom. The highest BCUT2D eigenvalue weighted by atomic mass is 79.9. The summed E-state index contributed by atoms with van der Waals surface area (Å²) in [4.78, 5) is 27.2. The van der Waals surface area contributed by atoms with Crippen molar-refractivity contribution < 1.29 is 9.53 Å². The van der Waals surface area contributed by atoms with Crippen LogP contribution in [0.4, 0.5) is 0 Å². The molecule has 5 rings (SSSR count). The Balaban J connectivity index is 1.30. The molecule has 1 fully saturated rings. The molecule has 2 bridgehead atoms. The van der Waals surface area contributed by atoms with Crippen molar-refractivity contribution in [2.24, 2.45) is 11.0 Å². The second kappa shape index (κ2) is 10.8. The van der Waals surface area contributed by atoms with E-state index < -0.39 is 0 Å². The Hall–Kier alpha value is -3.23. The van der Waals surface area contributed by atoms with Crippen molar-refractivity contribution in [1.29, 1.82) is 0 Å². The Morgan fingerprint density at radius 3 is 2.83 bits per heavy atom. The molecule has 2 aliphatic heterocycles. The summed E-state index contributed by atoms with van der Waals surface area (Å²) in [6.07, 6.45) is 2.78. The molecule has 1 N–H and O–H groups in total. The van der Waals surface area contributed by atoms with Crippen LogP contribution >= 0.6 is 15.9 Å². The number of likely N-dealkylation sites (tertiary alicyclic amines) is 1.